The maximum Gasteiger partial charge on any atom is 0.303 e. The van der Waals surface area contributed by atoms with Crippen molar-refractivity contribution in [3.05, 3.63) is 24.3 Å². The molecule has 3 heteroatoms. The molecule has 0 bridgehead atoms. The van der Waals surface area contributed by atoms with E-state index in [1.807, 2.05) is 6.08 Å². The average molecular weight is 320 g/mol. The van der Waals surface area contributed by atoms with E-state index in [4.69, 9.17) is 5.11 Å². The standard InChI is InChI=1S/C20H32O3/c1-2-3-6-13-19(21)16-15-18-12-9-11-17(18)10-7-4-5-8-14-20(22)23/h4,7,15-18H,2-3,5-6,8-14H2,1H3,(H,22,23)/b7-4-,16-15+/t17-,18+/m0/s1. The zero-order valence-corrected chi connectivity index (χ0v) is 14.5. The van der Waals surface area contributed by atoms with E-state index in [0.29, 0.717) is 24.7 Å². The number of hydrogen-bond acceptors (Lipinski definition) is 2. The van der Waals surface area contributed by atoms with E-state index in [-0.39, 0.29) is 12.2 Å². The van der Waals surface area contributed by atoms with E-state index >= 15 is 0 Å². The Kier molecular flexibility index (Phi) is 10.3. The molecular formula is C20H32O3. The first-order valence-corrected chi connectivity index (χ1v) is 9.21. The Morgan fingerprint density at radius 2 is 1.91 bits per heavy atom. The molecule has 23 heavy (non-hydrogen) atoms. The Morgan fingerprint density at radius 3 is 2.65 bits per heavy atom. The lowest BCUT2D eigenvalue weighted by Crippen LogP contribution is -2.05. The molecule has 0 aliphatic heterocycles. The Morgan fingerprint density at radius 1 is 1.09 bits per heavy atom. The quantitative estimate of drug-likeness (QED) is 0.301. The van der Waals surface area contributed by atoms with Gasteiger partial charge in [-0.3, -0.25) is 9.59 Å². The number of unbranched alkanes of at least 4 members (excludes halogenated alkanes) is 3. The number of allylic oxidation sites excluding steroid dienone is 4. The van der Waals surface area contributed by atoms with Crippen molar-refractivity contribution in [1.82, 2.24) is 0 Å². The minimum Gasteiger partial charge on any atom is -0.481 e. The van der Waals surface area contributed by atoms with Gasteiger partial charge in [-0.05, 0) is 56.4 Å². The van der Waals surface area contributed by atoms with Crippen LogP contribution < -0.4 is 0 Å². The van der Waals surface area contributed by atoms with E-state index in [0.717, 1.165) is 32.1 Å². The maximum atomic E-state index is 11.8. The van der Waals surface area contributed by atoms with Crippen molar-refractivity contribution < 1.29 is 14.7 Å². The predicted molar refractivity (Wildman–Crippen MR) is 94.4 cm³/mol. The highest BCUT2D eigenvalue weighted by Crippen LogP contribution is 2.35. The molecule has 0 heterocycles. The highest BCUT2D eigenvalue weighted by Gasteiger charge is 2.23. The summed E-state index contributed by atoms with van der Waals surface area (Å²) in [6.45, 7) is 2.15. The number of aliphatic carboxylic acids is 1. The van der Waals surface area contributed by atoms with Crippen molar-refractivity contribution >= 4 is 11.8 Å². The molecule has 3 nitrogen and oxygen atoms in total. The van der Waals surface area contributed by atoms with E-state index in [2.05, 4.69) is 25.2 Å². The number of hydrogen-bond donors (Lipinski definition) is 1. The summed E-state index contributed by atoms with van der Waals surface area (Å²) in [5, 5.41) is 8.59. The largest absolute Gasteiger partial charge is 0.481 e. The molecule has 0 amide bonds. The topological polar surface area (TPSA) is 54.4 Å². The molecule has 1 N–H and O–H groups in total. The van der Waals surface area contributed by atoms with Crippen molar-refractivity contribution in [1.29, 1.82) is 0 Å². The third-order valence-corrected chi connectivity index (χ3v) is 4.64. The normalized spacial score (nSPS) is 21.4. The molecule has 1 rings (SSSR count). The molecule has 1 aliphatic rings. The fourth-order valence-corrected chi connectivity index (χ4v) is 3.24. The molecule has 0 unspecified atom stereocenters. The Labute approximate surface area is 140 Å². The van der Waals surface area contributed by atoms with Crippen molar-refractivity contribution in [3.8, 4) is 0 Å². The van der Waals surface area contributed by atoms with Crippen LogP contribution in [0.3, 0.4) is 0 Å². The molecule has 0 aromatic heterocycles. The van der Waals surface area contributed by atoms with Gasteiger partial charge in [-0.15, -0.1) is 0 Å². The fraction of sp³-hybridized carbons (Fsp3) is 0.700. The molecule has 1 fully saturated rings. The van der Waals surface area contributed by atoms with Gasteiger partial charge >= 0.3 is 5.97 Å². The van der Waals surface area contributed by atoms with Crippen molar-refractivity contribution in [2.75, 3.05) is 0 Å². The molecule has 1 saturated carbocycles. The van der Waals surface area contributed by atoms with Crippen LogP contribution in [-0.4, -0.2) is 16.9 Å². The van der Waals surface area contributed by atoms with Gasteiger partial charge in [-0.1, -0.05) is 44.4 Å². The number of carbonyl (C=O) groups is 2. The second kappa shape index (κ2) is 12.1. The number of rotatable bonds is 12. The van der Waals surface area contributed by atoms with Crippen molar-refractivity contribution in [2.45, 2.75) is 77.6 Å². The van der Waals surface area contributed by atoms with Gasteiger partial charge in [0.1, 0.15) is 0 Å². The highest BCUT2D eigenvalue weighted by molar-refractivity contribution is 5.89. The SMILES string of the molecule is CCCCCC(=O)/C=C/[C@H]1CCC[C@@H]1C/C=C\CCCC(=O)O. The maximum absolute atomic E-state index is 11.8. The molecule has 130 valence electrons. The van der Waals surface area contributed by atoms with Crippen molar-refractivity contribution in [3.63, 3.8) is 0 Å². The lowest BCUT2D eigenvalue weighted by molar-refractivity contribution is -0.137. The van der Waals surface area contributed by atoms with Crippen LogP contribution in [0.15, 0.2) is 24.3 Å². The molecule has 0 aromatic carbocycles. The smallest absolute Gasteiger partial charge is 0.303 e. The highest BCUT2D eigenvalue weighted by atomic mass is 16.4. The minimum absolute atomic E-state index is 0.249. The monoisotopic (exact) mass is 320 g/mol. The summed E-state index contributed by atoms with van der Waals surface area (Å²) < 4.78 is 0. The summed E-state index contributed by atoms with van der Waals surface area (Å²) in [6.07, 6.45) is 18.8. The number of carbonyl (C=O) groups excluding carboxylic acids is 1. The van der Waals surface area contributed by atoms with Gasteiger partial charge in [0.15, 0.2) is 5.78 Å². The second-order valence-electron chi connectivity index (χ2n) is 6.63. The van der Waals surface area contributed by atoms with Crippen molar-refractivity contribution in [2.24, 2.45) is 11.8 Å². The summed E-state index contributed by atoms with van der Waals surface area (Å²) in [4.78, 5) is 22.3. The molecule has 0 spiro atoms. The van der Waals surface area contributed by atoms with Crippen LogP contribution in [0, 0.1) is 11.8 Å². The predicted octanol–water partition coefficient (Wildman–Crippen LogP) is 5.31. The fourth-order valence-electron chi connectivity index (χ4n) is 3.24. The number of carboxylic acids is 1. The van der Waals surface area contributed by atoms with E-state index in [1.165, 1.54) is 19.3 Å². The second-order valence-corrected chi connectivity index (χ2v) is 6.63. The molecule has 0 aromatic rings. The van der Waals surface area contributed by atoms with Gasteiger partial charge in [0.05, 0.1) is 0 Å². The summed E-state index contributed by atoms with van der Waals surface area (Å²) in [7, 11) is 0. The van der Waals surface area contributed by atoms with Crippen LogP contribution >= 0.6 is 0 Å². The van der Waals surface area contributed by atoms with Gasteiger partial charge in [-0.25, -0.2) is 0 Å². The molecule has 0 saturated heterocycles. The van der Waals surface area contributed by atoms with Gasteiger partial charge < -0.3 is 5.11 Å². The van der Waals surface area contributed by atoms with E-state index in [9.17, 15) is 9.59 Å². The summed E-state index contributed by atoms with van der Waals surface area (Å²) >= 11 is 0. The lowest BCUT2D eigenvalue weighted by atomic mass is 9.92. The lowest BCUT2D eigenvalue weighted by Gasteiger charge is -2.13. The Hall–Kier alpha value is -1.38. The van der Waals surface area contributed by atoms with Crippen LogP contribution in [0.1, 0.15) is 77.6 Å². The van der Waals surface area contributed by atoms with Crippen LogP contribution in [-0.2, 0) is 9.59 Å². The Balaban J connectivity index is 2.26. The molecular weight excluding hydrogens is 288 g/mol. The Bertz CT molecular complexity index is 409. The summed E-state index contributed by atoms with van der Waals surface area (Å²) in [5.41, 5.74) is 0. The molecule has 0 radical (unpaired) electrons. The van der Waals surface area contributed by atoms with Gasteiger partial charge in [-0.2, -0.15) is 0 Å². The van der Waals surface area contributed by atoms with E-state index in [1.54, 1.807) is 0 Å². The van der Waals surface area contributed by atoms with Gasteiger partial charge in [0, 0.05) is 12.8 Å². The summed E-state index contributed by atoms with van der Waals surface area (Å²) in [6, 6.07) is 0. The molecule has 2 atom stereocenters. The summed E-state index contributed by atoms with van der Waals surface area (Å²) in [5.74, 6) is 0.732. The third-order valence-electron chi connectivity index (χ3n) is 4.64. The zero-order valence-electron chi connectivity index (χ0n) is 14.5. The number of ketones is 1. The number of carboxylic acid groups (broad SMARTS) is 1. The third kappa shape index (κ3) is 9.37. The molecule has 1 aliphatic carbocycles. The van der Waals surface area contributed by atoms with Gasteiger partial charge in [0.25, 0.3) is 0 Å². The van der Waals surface area contributed by atoms with E-state index < -0.39 is 5.97 Å². The van der Waals surface area contributed by atoms with Gasteiger partial charge in [0.2, 0.25) is 0 Å². The zero-order chi connectivity index (χ0) is 16.9. The average Bonchev–Trinajstić information content (AvgIpc) is 2.96. The van der Waals surface area contributed by atoms with Crippen LogP contribution in [0.2, 0.25) is 0 Å². The first-order valence-electron chi connectivity index (χ1n) is 9.21. The first-order chi connectivity index (χ1) is 11.1. The van der Waals surface area contributed by atoms with Crippen LogP contribution in [0.5, 0.6) is 0 Å². The van der Waals surface area contributed by atoms with Crippen LogP contribution in [0.4, 0.5) is 0 Å². The minimum atomic E-state index is -0.719. The first kappa shape index (κ1) is 19.7. The van der Waals surface area contributed by atoms with Crippen LogP contribution in [0.25, 0.3) is 0 Å².